The molecule has 0 fully saturated rings. The fraction of sp³-hybridized carbons (Fsp3) is 0.333. The summed E-state index contributed by atoms with van der Waals surface area (Å²) >= 11 is 0. The summed E-state index contributed by atoms with van der Waals surface area (Å²) in [5.74, 6) is 1.44. The summed E-state index contributed by atoms with van der Waals surface area (Å²) in [7, 11) is 1.87. The van der Waals surface area contributed by atoms with E-state index in [0.717, 1.165) is 11.4 Å². The average Bonchev–Trinajstić information content (AvgIpc) is 2.66. The number of aryl methyl sites for hydroxylation is 1. The molecule has 90 valence electrons. The number of anilines is 2. The molecule has 0 radical (unpaired) electrons. The van der Waals surface area contributed by atoms with Gasteiger partial charge in [-0.3, -0.25) is 4.68 Å². The van der Waals surface area contributed by atoms with E-state index in [4.69, 9.17) is 4.74 Å². The molecule has 0 spiro atoms. The van der Waals surface area contributed by atoms with E-state index in [9.17, 15) is 0 Å². The zero-order valence-corrected chi connectivity index (χ0v) is 10.2. The maximum atomic E-state index is 5.67. The van der Waals surface area contributed by atoms with Gasteiger partial charge in [-0.25, -0.2) is 4.98 Å². The van der Waals surface area contributed by atoms with E-state index < -0.39 is 0 Å². The fourth-order valence-electron chi connectivity index (χ4n) is 1.46. The highest BCUT2D eigenvalue weighted by Crippen LogP contribution is 2.25. The zero-order chi connectivity index (χ0) is 12.3. The molecule has 2 rings (SSSR count). The van der Waals surface area contributed by atoms with Crippen molar-refractivity contribution in [3.05, 3.63) is 30.7 Å². The van der Waals surface area contributed by atoms with Crippen molar-refractivity contribution in [2.24, 2.45) is 7.05 Å². The van der Waals surface area contributed by atoms with E-state index in [-0.39, 0.29) is 6.10 Å². The first kappa shape index (κ1) is 11.4. The predicted molar refractivity (Wildman–Crippen MR) is 66.5 cm³/mol. The van der Waals surface area contributed by atoms with E-state index in [1.165, 1.54) is 0 Å². The molecule has 17 heavy (non-hydrogen) atoms. The molecule has 0 aromatic carbocycles. The molecule has 0 saturated heterocycles. The highest BCUT2D eigenvalue weighted by molar-refractivity contribution is 5.60. The van der Waals surface area contributed by atoms with Crippen molar-refractivity contribution in [1.29, 1.82) is 0 Å². The van der Waals surface area contributed by atoms with Crippen LogP contribution in [0.5, 0.6) is 5.75 Å². The summed E-state index contributed by atoms with van der Waals surface area (Å²) in [6.45, 7) is 3.97. The third-order valence-electron chi connectivity index (χ3n) is 2.10. The van der Waals surface area contributed by atoms with Gasteiger partial charge in [0.2, 0.25) is 0 Å². The standard InChI is InChI=1S/C12H16N4O/c1-9(2)17-11-5-4-6-13-12(11)15-10-7-14-16(3)8-10/h4-9H,1-3H3,(H,13,15). The Morgan fingerprint density at radius 1 is 1.41 bits per heavy atom. The van der Waals surface area contributed by atoms with Crippen LogP contribution in [0.2, 0.25) is 0 Å². The van der Waals surface area contributed by atoms with Crippen molar-refractivity contribution in [2.75, 3.05) is 5.32 Å². The summed E-state index contributed by atoms with van der Waals surface area (Å²) in [6.07, 6.45) is 5.47. The van der Waals surface area contributed by atoms with Gasteiger partial charge in [-0.1, -0.05) is 0 Å². The van der Waals surface area contributed by atoms with Crippen LogP contribution in [-0.2, 0) is 7.05 Å². The number of rotatable bonds is 4. The Morgan fingerprint density at radius 2 is 2.24 bits per heavy atom. The lowest BCUT2D eigenvalue weighted by molar-refractivity contribution is 0.243. The van der Waals surface area contributed by atoms with Gasteiger partial charge in [-0.2, -0.15) is 5.10 Å². The molecule has 0 atom stereocenters. The Kier molecular flexibility index (Phi) is 3.27. The topological polar surface area (TPSA) is 52.0 Å². The monoisotopic (exact) mass is 232 g/mol. The second-order valence-corrected chi connectivity index (χ2v) is 4.04. The van der Waals surface area contributed by atoms with Gasteiger partial charge in [0.1, 0.15) is 0 Å². The maximum Gasteiger partial charge on any atom is 0.173 e. The molecule has 0 aliphatic carbocycles. The summed E-state index contributed by atoms with van der Waals surface area (Å²) in [6, 6.07) is 3.75. The molecule has 0 unspecified atom stereocenters. The number of ether oxygens (including phenoxy) is 1. The molecule has 1 N–H and O–H groups in total. The van der Waals surface area contributed by atoms with Crippen molar-refractivity contribution in [1.82, 2.24) is 14.8 Å². The normalized spacial score (nSPS) is 10.6. The predicted octanol–water partition coefficient (Wildman–Crippen LogP) is 2.35. The van der Waals surface area contributed by atoms with Crippen LogP contribution < -0.4 is 10.1 Å². The number of pyridine rings is 1. The van der Waals surface area contributed by atoms with Gasteiger partial charge in [0, 0.05) is 19.4 Å². The van der Waals surface area contributed by atoms with Crippen LogP contribution in [0.25, 0.3) is 0 Å². The molecule has 2 aromatic rings. The van der Waals surface area contributed by atoms with Crippen LogP contribution in [0.3, 0.4) is 0 Å². The molecule has 2 aromatic heterocycles. The number of hydrogen-bond donors (Lipinski definition) is 1. The van der Waals surface area contributed by atoms with Crippen LogP contribution in [0, 0.1) is 0 Å². The van der Waals surface area contributed by atoms with E-state index in [2.05, 4.69) is 15.4 Å². The number of hydrogen-bond acceptors (Lipinski definition) is 4. The molecule has 0 saturated carbocycles. The average molecular weight is 232 g/mol. The van der Waals surface area contributed by atoms with E-state index in [1.54, 1.807) is 17.1 Å². The Hall–Kier alpha value is -2.04. The SMILES string of the molecule is CC(C)Oc1cccnc1Nc1cnn(C)c1. The largest absolute Gasteiger partial charge is 0.487 e. The molecular weight excluding hydrogens is 216 g/mol. The van der Waals surface area contributed by atoms with Crippen molar-refractivity contribution < 1.29 is 4.74 Å². The molecule has 0 bridgehead atoms. The first-order valence-electron chi connectivity index (χ1n) is 5.52. The molecule has 0 amide bonds. The van der Waals surface area contributed by atoms with Crippen molar-refractivity contribution >= 4 is 11.5 Å². The molecule has 0 aliphatic rings. The molecule has 5 nitrogen and oxygen atoms in total. The summed E-state index contributed by atoms with van der Waals surface area (Å²) in [5.41, 5.74) is 0.889. The van der Waals surface area contributed by atoms with Gasteiger partial charge < -0.3 is 10.1 Å². The zero-order valence-electron chi connectivity index (χ0n) is 10.2. The van der Waals surface area contributed by atoms with E-state index in [0.29, 0.717) is 5.82 Å². The first-order chi connectivity index (χ1) is 8.15. The lowest BCUT2D eigenvalue weighted by Crippen LogP contribution is -2.08. The smallest absolute Gasteiger partial charge is 0.173 e. The Labute approximate surface area is 100 Å². The van der Waals surface area contributed by atoms with Gasteiger partial charge >= 0.3 is 0 Å². The molecule has 5 heteroatoms. The van der Waals surface area contributed by atoms with E-state index >= 15 is 0 Å². The molecular formula is C12H16N4O. The van der Waals surface area contributed by atoms with E-state index in [1.807, 2.05) is 39.2 Å². The third-order valence-corrected chi connectivity index (χ3v) is 2.10. The molecule has 2 heterocycles. The highest BCUT2D eigenvalue weighted by Gasteiger charge is 2.07. The Bertz CT molecular complexity index is 493. The highest BCUT2D eigenvalue weighted by atomic mass is 16.5. The second-order valence-electron chi connectivity index (χ2n) is 4.04. The number of nitrogens with zero attached hydrogens (tertiary/aromatic N) is 3. The van der Waals surface area contributed by atoms with Crippen LogP contribution >= 0.6 is 0 Å². The minimum Gasteiger partial charge on any atom is -0.487 e. The van der Waals surface area contributed by atoms with Crippen molar-refractivity contribution in [2.45, 2.75) is 20.0 Å². The Morgan fingerprint density at radius 3 is 2.88 bits per heavy atom. The molecule has 0 aliphatic heterocycles. The fourth-order valence-corrected chi connectivity index (χ4v) is 1.46. The first-order valence-corrected chi connectivity index (χ1v) is 5.52. The Balaban J connectivity index is 2.20. The maximum absolute atomic E-state index is 5.67. The van der Waals surface area contributed by atoms with Crippen molar-refractivity contribution in [3.8, 4) is 5.75 Å². The van der Waals surface area contributed by atoms with Crippen LogP contribution in [-0.4, -0.2) is 20.9 Å². The quantitative estimate of drug-likeness (QED) is 0.879. The van der Waals surface area contributed by atoms with Gasteiger partial charge in [-0.15, -0.1) is 0 Å². The summed E-state index contributed by atoms with van der Waals surface area (Å²) < 4.78 is 7.40. The minimum absolute atomic E-state index is 0.119. The van der Waals surface area contributed by atoms with Gasteiger partial charge in [0.05, 0.1) is 18.0 Å². The lowest BCUT2D eigenvalue weighted by atomic mass is 10.4. The minimum atomic E-state index is 0.119. The van der Waals surface area contributed by atoms with Crippen LogP contribution in [0.1, 0.15) is 13.8 Å². The second kappa shape index (κ2) is 4.86. The van der Waals surface area contributed by atoms with Crippen molar-refractivity contribution in [3.63, 3.8) is 0 Å². The van der Waals surface area contributed by atoms with Gasteiger partial charge in [0.15, 0.2) is 11.6 Å². The van der Waals surface area contributed by atoms with Gasteiger partial charge in [0.25, 0.3) is 0 Å². The number of aromatic nitrogens is 3. The summed E-state index contributed by atoms with van der Waals surface area (Å²) in [5, 5.41) is 7.27. The van der Waals surface area contributed by atoms with Crippen LogP contribution in [0.15, 0.2) is 30.7 Å². The lowest BCUT2D eigenvalue weighted by Gasteiger charge is -2.13. The third kappa shape index (κ3) is 2.96. The van der Waals surface area contributed by atoms with Crippen LogP contribution in [0.4, 0.5) is 11.5 Å². The summed E-state index contributed by atoms with van der Waals surface area (Å²) in [4.78, 5) is 4.26. The number of nitrogens with one attached hydrogen (secondary N) is 1. The van der Waals surface area contributed by atoms with Gasteiger partial charge in [-0.05, 0) is 26.0 Å².